The van der Waals surface area contributed by atoms with E-state index in [9.17, 15) is 4.79 Å². The van der Waals surface area contributed by atoms with Crippen molar-refractivity contribution in [3.63, 3.8) is 0 Å². The molecule has 0 spiro atoms. The zero-order valence-corrected chi connectivity index (χ0v) is 7.79. The monoisotopic (exact) mass is 166 g/mol. The molecule has 12 heavy (non-hydrogen) atoms. The molecule has 0 atom stereocenters. The van der Waals surface area contributed by atoms with Crippen LogP contribution >= 0.6 is 0 Å². The molecule has 1 heterocycles. The minimum Gasteiger partial charge on any atom is -0.297 e. The summed E-state index contributed by atoms with van der Waals surface area (Å²) in [7, 11) is 0. The molecule has 1 aromatic rings. The highest BCUT2D eigenvalue weighted by Crippen LogP contribution is 1.97. The maximum atomic E-state index is 11.3. The quantitative estimate of drug-likeness (QED) is 0.660. The first kappa shape index (κ1) is 8.97. The Kier molecular flexibility index (Phi) is 2.63. The molecule has 0 amide bonds. The van der Waals surface area contributed by atoms with Gasteiger partial charge in [-0.15, -0.1) is 0 Å². The maximum absolute atomic E-state index is 11.3. The van der Waals surface area contributed by atoms with Gasteiger partial charge in [0.25, 0.3) is 0 Å². The number of aromatic nitrogens is 2. The summed E-state index contributed by atoms with van der Waals surface area (Å²) in [6.07, 6.45) is 0.820. The SMILES string of the molecule is CCc1cc(C)n(CC)c(=O)n1. The Bertz CT molecular complexity index is 328. The Morgan fingerprint density at radius 3 is 2.58 bits per heavy atom. The second-order valence-corrected chi connectivity index (χ2v) is 2.77. The molecular formula is C9H14N2O. The Labute approximate surface area is 72.1 Å². The number of hydrogen-bond acceptors (Lipinski definition) is 2. The summed E-state index contributed by atoms with van der Waals surface area (Å²) in [6, 6.07) is 1.96. The normalized spacial score (nSPS) is 10.2. The standard InChI is InChI=1S/C9H14N2O/c1-4-8-6-7(3)11(5-2)9(12)10-8/h6H,4-5H2,1-3H3. The van der Waals surface area contributed by atoms with Crippen molar-refractivity contribution in [1.82, 2.24) is 9.55 Å². The molecule has 66 valence electrons. The molecule has 0 aliphatic rings. The average Bonchev–Trinajstić information content (AvgIpc) is 2.03. The Morgan fingerprint density at radius 1 is 1.50 bits per heavy atom. The summed E-state index contributed by atoms with van der Waals surface area (Å²) in [5.74, 6) is 0. The van der Waals surface area contributed by atoms with Crippen LogP contribution in [-0.4, -0.2) is 9.55 Å². The van der Waals surface area contributed by atoms with Gasteiger partial charge in [0.1, 0.15) is 0 Å². The lowest BCUT2D eigenvalue weighted by Crippen LogP contribution is -2.25. The van der Waals surface area contributed by atoms with Crippen molar-refractivity contribution >= 4 is 0 Å². The van der Waals surface area contributed by atoms with Crippen LogP contribution in [0.5, 0.6) is 0 Å². The van der Waals surface area contributed by atoms with Crippen molar-refractivity contribution in [2.75, 3.05) is 0 Å². The van der Waals surface area contributed by atoms with Crippen LogP contribution in [0.1, 0.15) is 25.2 Å². The number of aryl methyl sites for hydroxylation is 2. The van der Waals surface area contributed by atoms with E-state index in [1.807, 2.05) is 26.8 Å². The van der Waals surface area contributed by atoms with Crippen molar-refractivity contribution in [1.29, 1.82) is 0 Å². The smallest absolute Gasteiger partial charge is 0.297 e. The zero-order chi connectivity index (χ0) is 9.14. The van der Waals surface area contributed by atoms with Crippen LogP contribution in [0.25, 0.3) is 0 Å². The highest BCUT2D eigenvalue weighted by atomic mass is 16.1. The second kappa shape index (κ2) is 3.52. The van der Waals surface area contributed by atoms with Crippen molar-refractivity contribution < 1.29 is 0 Å². The molecule has 1 rings (SSSR count). The van der Waals surface area contributed by atoms with Gasteiger partial charge in [0.2, 0.25) is 0 Å². The molecule has 3 heteroatoms. The van der Waals surface area contributed by atoms with E-state index in [1.165, 1.54) is 0 Å². The third-order valence-corrected chi connectivity index (χ3v) is 1.95. The number of nitrogens with zero attached hydrogens (tertiary/aromatic N) is 2. The van der Waals surface area contributed by atoms with Crippen LogP contribution in [-0.2, 0) is 13.0 Å². The van der Waals surface area contributed by atoms with Gasteiger partial charge in [-0.25, -0.2) is 4.79 Å². The highest BCUT2D eigenvalue weighted by Gasteiger charge is 2.00. The Balaban J connectivity index is 3.28. The molecule has 0 aliphatic heterocycles. The fraction of sp³-hybridized carbons (Fsp3) is 0.556. The van der Waals surface area contributed by atoms with E-state index >= 15 is 0 Å². The van der Waals surface area contributed by atoms with E-state index in [-0.39, 0.29) is 5.69 Å². The molecule has 0 fully saturated rings. The van der Waals surface area contributed by atoms with Gasteiger partial charge in [-0.05, 0) is 26.3 Å². The largest absolute Gasteiger partial charge is 0.347 e. The summed E-state index contributed by atoms with van der Waals surface area (Å²) in [4.78, 5) is 15.2. The van der Waals surface area contributed by atoms with E-state index in [4.69, 9.17) is 0 Å². The summed E-state index contributed by atoms with van der Waals surface area (Å²) in [5, 5.41) is 0. The van der Waals surface area contributed by atoms with Gasteiger partial charge < -0.3 is 0 Å². The molecule has 0 radical (unpaired) electrons. The van der Waals surface area contributed by atoms with Gasteiger partial charge in [-0.1, -0.05) is 6.92 Å². The lowest BCUT2D eigenvalue weighted by atomic mass is 10.3. The van der Waals surface area contributed by atoms with Crippen molar-refractivity contribution in [2.24, 2.45) is 0 Å². The molecule has 0 saturated heterocycles. The van der Waals surface area contributed by atoms with Crippen LogP contribution in [0.3, 0.4) is 0 Å². The average molecular weight is 166 g/mol. The number of hydrogen-bond donors (Lipinski definition) is 0. The molecule has 0 saturated carbocycles. The first-order valence-corrected chi connectivity index (χ1v) is 4.26. The fourth-order valence-corrected chi connectivity index (χ4v) is 1.25. The van der Waals surface area contributed by atoms with Crippen LogP contribution in [0, 0.1) is 6.92 Å². The predicted molar refractivity (Wildman–Crippen MR) is 48.3 cm³/mol. The molecule has 0 N–H and O–H groups in total. The molecule has 0 bridgehead atoms. The molecule has 1 aromatic heterocycles. The topological polar surface area (TPSA) is 34.9 Å². The number of rotatable bonds is 2. The third kappa shape index (κ3) is 1.55. The van der Waals surface area contributed by atoms with Crippen LogP contribution in [0.15, 0.2) is 10.9 Å². The maximum Gasteiger partial charge on any atom is 0.347 e. The Hall–Kier alpha value is -1.12. The second-order valence-electron chi connectivity index (χ2n) is 2.77. The van der Waals surface area contributed by atoms with E-state index in [1.54, 1.807) is 4.57 Å². The Morgan fingerprint density at radius 2 is 2.17 bits per heavy atom. The van der Waals surface area contributed by atoms with Crippen molar-refractivity contribution in [2.45, 2.75) is 33.7 Å². The lowest BCUT2D eigenvalue weighted by molar-refractivity contribution is 0.665. The molecular weight excluding hydrogens is 152 g/mol. The zero-order valence-electron chi connectivity index (χ0n) is 7.79. The summed E-state index contributed by atoms with van der Waals surface area (Å²) in [5.41, 5.74) is 1.74. The van der Waals surface area contributed by atoms with E-state index in [0.29, 0.717) is 6.54 Å². The van der Waals surface area contributed by atoms with Gasteiger partial charge in [0.05, 0.1) is 0 Å². The van der Waals surface area contributed by atoms with E-state index in [0.717, 1.165) is 17.8 Å². The van der Waals surface area contributed by atoms with Crippen LogP contribution in [0.2, 0.25) is 0 Å². The minimum absolute atomic E-state index is 0.130. The van der Waals surface area contributed by atoms with E-state index < -0.39 is 0 Å². The first-order chi connectivity index (χ1) is 5.69. The van der Waals surface area contributed by atoms with Gasteiger partial charge in [-0.3, -0.25) is 4.57 Å². The summed E-state index contributed by atoms with van der Waals surface area (Å²) >= 11 is 0. The molecule has 0 aromatic carbocycles. The van der Waals surface area contributed by atoms with Crippen molar-refractivity contribution in [3.05, 3.63) is 27.9 Å². The van der Waals surface area contributed by atoms with Gasteiger partial charge in [0, 0.05) is 17.9 Å². The van der Waals surface area contributed by atoms with Crippen LogP contribution < -0.4 is 5.69 Å². The highest BCUT2D eigenvalue weighted by molar-refractivity contribution is 5.07. The summed E-state index contributed by atoms with van der Waals surface area (Å²) < 4.78 is 1.67. The minimum atomic E-state index is -0.130. The van der Waals surface area contributed by atoms with Crippen LogP contribution in [0.4, 0.5) is 0 Å². The fourth-order valence-electron chi connectivity index (χ4n) is 1.25. The molecule has 0 unspecified atom stereocenters. The predicted octanol–water partition coefficient (Wildman–Crippen LogP) is 1.13. The molecule has 3 nitrogen and oxygen atoms in total. The third-order valence-electron chi connectivity index (χ3n) is 1.95. The van der Waals surface area contributed by atoms with Gasteiger partial charge in [0.15, 0.2) is 0 Å². The van der Waals surface area contributed by atoms with Gasteiger partial charge >= 0.3 is 5.69 Å². The van der Waals surface area contributed by atoms with Gasteiger partial charge in [-0.2, -0.15) is 4.98 Å². The molecule has 0 aliphatic carbocycles. The first-order valence-electron chi connectivity index (χ1n) is 4.26. The van der Waals surface area contributed by atoms with E-state index in [2.05, 4.69) is 4.98 Å². The lowest BCUT2D eigenvalue weighted by Gasteiger charge is -2.06. The van der Waals surface area contributed by atoms with Crippen molar-refractivity contribution in [3.8, 4) is 0 Å². The summed E-state index contributed by atoms with van der Waals surface area (Å²) in [6.45, 7) is 6.58.